The van der Waals surface area contributed by atoms with Crippen LogP contribution < -0.4 is 5.32 Å². The summed E-state index contributed by atoms with van der Waals surface area (Å²) in [6, 6.07) is 8.34. The number of aromatic carboxylic acids is 1. The van der Waals surface area contributed by atoms with Crippen LogP contribution in [0.25, 0.3) is 22.4 Å². The SMILES string of the molecule is O=C(O)c1nc(Nc2ccc(C(F)(F)F)cc2)c2ccc(-c3ncccc3C(F)(F)F)nc2n1. The molecule has 13 heteroatoms. The van der Waals surface area contributed by atoms with Gasteiger partial charge in [-0.3, -0.25) is 4.98 Å². The van der Waals surface area contributed by atoms with Crippen molar-refractivity contribution >= 4 is 28.5 Å². The molecule has 0 aliphatic rings. The number of nitrogens with zero attached hydrogens (tertiary/aromatic N) is 4. The zero-order chi connectivity index (χ0) is 24.7. The summed E-state index contributed by atoms with van der Waals surface area (Å²) in [5.74, 6) is -2.37. The van der Waals surface area contributed by atoms with Gasteiger partial charge < -0.3 is 10.4 Å². The maximum Gasteiger partial charge on any atom is 0.418 e. The van der Waals surface area contributed by atoms with Gasteiger partial charge in [-0.15, -0.1) is 0 Å². The van der Waals surface area contributed by atoms with Gasteiger partial charge in [-0.25, -0.2) is 19.7 Å². The number of carboxylic acid groups (broad SMARTS) is 1. The molecule has 0 aliphatic heterocycles. The third-order valence-electron chi connectivity index (χ3n) is 4.58. The molecule has 0 spiro atoms. The Labute approximate surface area is 186 Å². The van der Waals surface area contributed by atoms with Crippen LogP contribution in [-0.4, -0.2) is 31.0 Å². The molecule has 0 atom stereocenters. The first-order chi connectivity index (χ1) is 15.9. The first-order valence-corrected chi connectivity index (χ1v) is 9.32. The number of aromatic nitrogens is 4. The predicted octanol–water partition coefficient (Wildman–Crippen LogP) is 5.57. The van der Waals surface area contributed by atoms with E-state index in [0.29, 0.717) is 0 Å². The van der Waals surface area contributed by atoms with Crippen molar-refractivity contribution in [2.45, 2.75) is 12.4 Å². The molecule has 0 bridgehead atoms. The van der Waals surface area contributed by atoms with Gasteiger partial charge in [-0.05, 0) is 48.5 Å². The monoisotopic (exact) mass is 479 g/mol. The van der Waals surface area contributed by atoms with Crippen molar-refractivity contribution < 1.29 is 36.2 Å². The van der Waals surface area contributed by atoms with Gasteiger partial charge in [0.2, 0.25) is 5.82 Å². The number of carboxylic acids is 1. The minimum atomic E-state index is -4.71. The predicted molar refractivity (Wildman–Crippen MR) is 107 cm³/mol. The molecule has 0 fully saturated rings. The van der Waals surface area contributed by atoms with Crippen LogP contribution in [0.5, 0.6) is 0 Å². The number of halogens is 6. The Hall–Kier alpha value is -4.29. The Bertz CT molecular complexity index is 1390. The Morgan fingerprint density at radius 1 is 0.853 bits per heavy atom. The molecule has 4 aromatic rings. The molecule has 34 heavy (non-hydrogen) atoms. The summed E-state index contributed by atoms with van der Waals surface area (Å²) >= 11 is 0. The van der Waals surface area contributed by atoms with Gasteiger partial charge in [0.05, 0.1) is 22.2 Å². The number of alkyl halides is 6. The standard InChI is InChI=1S/C21H11F6N5O2/c22-20(23,24)10-3-5-11(6-4-10)29-16-12-7-8-14(30-17(12)32-18(31-16)19(33)34)15-13(21(25,26)27)2-1-9-28-15/h1-9H,(H,33,34)(H,29,30,31,32). The third-order valence-corrected chi connectivity index (χ3v) is 4.58. The second kappa shape index (κ2) is 8.24. The van der Waals surface area contributed by atoms with E-state index in [2.05, 4.69) is 25.3 Å². The van der Waals surface area contributed by atoms with Crippen molar-refractivity contribution in [3.05, 3.63) is 71.7 Å². The number of hydrogen-bond donors (Lipinski definition) is 2. The Kier molecular flexibility index (Phi) is 5.55. The Balaban J connectivity index is 1.81. The molecule has 2 N–H and O–H groups in total. The molecule has 3 heterocycles. The number of nitrogens with one attached hydrogen (secondary N) is 1. The van der Waals surface area contributed by atoms with E-state index in [1.54, 1.807) is 0 Å². The average molecular weight is 479 g/mol. The maximum absolute atomic E-state index is 13.4. The summed E-state index contributed by atoms with van der Waals surface area (Å²) < 4.78 is 78.5. The minimum absolute atomic E-state index is 0.113. The third kappa shape index (κ3) is 4.58. The van der Waals surface area contributed by atoms with Crippen LogP contribution in [0.4, 0.5) is 37.8 Å². The number of benzene rings is 1. The van der Waals surface area contributed by atoms with Gasteiger partial charge in [0.15, 0.2) is 5.65 Å². The van der Waals surface area contributed by atoms with E-state index in [-0.39, 0.29) is 28.2 Å². The fourth-order valence-electron chi connectivity index (χ4n) is 3.05. The van der Waals surface area contributed by atoms with Gasteiger partial charge >= 0.3 is 18.3 Å². The molecule has 7 nitrogen and oxygen atoms in total. The fraction of sp³-hybridized carbons (Fsp3) is 0.0952. The van der Waals surface area contributed by atoms with Crippen molar-refractivity contribution in [2.75, 3.05) is 5.32 Å². The Morgan fingerprint density at radius 3 is 2.18 bits per heavy atom. The summed E-state index contributed by atoms with van der Waals surface area (Å²) in [5, 5.41) is 12.2. The van der Waals surface area contributed by atoms with Gasteiger partial charge in [0.1, 0.15) is 11.5 Å². The summed E-state index contributed by atoms with van der Waals surface area (Å²) in [4.78, 5) is 26.9. The van der Waals surface area contributed by atoms with Crippen molar-refractivity contribution in [1.82, 2.24) is 19.9 Å². The van der Waals surface area contributed by atoms with Crippen LogP contribution in [0.15, 0.2) is 54.7 Å². The zero-order valence-electron chi connectivity index (χ0n) is 16.6. The first-order valence-electron chi connectivity index (χ1n) is 9.32. The highest BCUT2D eigenvalue weighted by molar-refractivity contribution is 5.94. The lowest BCUT2D eigenvalue weighted by atomic mass is 10.1. The molecule has 0 radical (unpaired) electrons. The highest BCUT2D eigenvalue weighted by Gasteiger charge is 2.35. The van der Waals surface area contributed by atoms with Crippen LogP contribution in [0.3, 0.4) is 0 Å². The van der Waals surface area contributed by atoms with Crippen molar-refractivity contribution in [3.8, 4) is 11.4 Å². The number of carbonyl (C=O) groups is 1. The van der Waals surface area contributed by atoms with Crippen LogP contribution in [-0.2, 0) is 12.4 Å². The van der Waals surface area contributed by atoms with Crippen molar-refractivity contribution in [1.29, 1.82) is 0 Å². The molecule has 0 saturated heterocycles. The number of hydrogen-bond acceptors (Lipinski definition) is 6. The van der Waals surface area contributed by atoms with Crippen LogP contribution in [0.2, 0.25) is 0 Å². The van der Waals surface area contributed by atoms with E-state index >= 15 is 0 Å². The van der Waals surface area contributed by atoms with Crippen molar-refractivity contribution in [3.63, 3.8) is 0 Å². The van der Waals surface area contributed by atoms with Crippen LogP contribution >= 0.6 is 0 Å². The smallest absolute Gasteiger partial charge is 0.418 e. The normalized spacial score (nSPS) is 12.1. The topological polar surface area (TPSA) is 101 Å². The quantitative estimate of drug-likeness (QED) is 0.369. The largest absolute Gasteiger partial charge is 0.475 e. The van der Waals surface area contributed by atoms with Crippen LogP contribution in [0, 0.1) is 0 Å². The molecule has 4 rings (SSSR count). The number of rotatable bonds is 4. The first kappa shape index (κ1) is 22.9. The lowest BCUT2D eigenvalue weighted by Crippen LogP contribution is -2.10. The average Bonchev–Trinajstić information content (AvgIpc) is 2.77. The summed E-state index contributed by atoms with van der Waals surface area (Å²) in [6.45, 7) is 0. The van der Waals surface area contributed by atoms with Gasteiger partial charge in [0, 0.05) is 11.9 Å². The highest BCUT2D eigenvalue weighted by atomic mass is 19.4. The van der Waals surface area contributed by atoms with E-state index in [1.165, 1.54) is 12.1 Å². The van der Waals surface area contributed by atoms with Gasteiger partial charge in [-0.1, -0.05) is 0 Å². The second-order valence-corrected chi connectivity index (χ2v) is 6.87. The molecule has 0 amide bonds. The van der Waals surface area contributed by atoms with E-state index in [4.69, 9.17) is 0 Å². The van der Waals surface area contributed by atoms with E-state index in [9.17, 15) is 36.2 Å². The minimum Gasteiger partial charge on any atom is -0.475 e. The maximum atomic E-state index is 13.4. The lowest BCUT2D eigenvalue weighted by molar-refractivity contribution is -0.138. The molecule has 3 aromatic heterocycles. The molecule has 1 aromatic carbocycles. The second-order valence-electron chi connectivity index (χ2n) is 6.87. The summed E-state index contributed by atoms with van der Waals surface area (Å²) in [6.07, 6.45) is -8.11. The van der Waals surface area contributed by atoms with E-state index in [0.717, 1.165) is 42.6 Å². The molecule has 0 aliphatic carbocycles. The molecule has 174 valence electrons. The summed E-state index contributed by atoms with van der Waals surface area (Å²) in [5.41, 5.74) is -2.73. The fourth-order valence-corrected chi connectivity index (χ4v) is 3.05. The lowest BCUT2D eigenvalue weighted by Gasteiger charge is -2.13. The Morgan fingerprint density at radius 2 is 1.56 bits per heavy atom. The molecular formula is C21H11F6N5O2. The van der Waals surface area contributed by atoms with Crippen LogP contribution in [0.1, 0.15) is 21.7 Å². The highest BCUT2D eigenvalue weighted by Crippen LogP contribution is 2.36. The van der Waals surface area contributed by atoms with Gasteiger partial charge in [0.25, 0.3) is 0 Å². The van der Waals surface area contributed by atoms with E-state index in [1.807, 2.05) is 0 Å². The number of fused-ring (bicyclic) bond motifs is 1. The van der Waals surface area contributed by atoms with E-state index < -0.39 is 41.0 Å². The molecular weight excluding hydrogens is 468 g/mol. The van der Waals surface area contributed by atoms with Gasteiger partial charge in [-0.2, -0.15) is 26.3 Å². The summed E-state index contributed by atoms with van der Waals surface area (Å²) in [7, 11) is 0. The molecule has 0 saturated carbocycles. The number of pyridine rings is 2. The number of anilines is 2. The molecule has 0 unspecified atom stereocenters. The van der Waals surface area contributed by atoms with Crippen molar-refractivity contribution in [2.24, 2.45) is 0 Å². The zero-order valence-corrected chi connectivity index (χ0v) is 16.6.